The van der Waals surface area contributed by atoms with E-state index >= 15 is 0 Å². The zero-order chi connectivity index (χ0) is 23.1. The van der Waals surface area contributed by atoms with Gasteiger partial charge in [-0.1, -0.05) is 17.3 Å². The molecular formula is C23H29N3O5S. The maximum Gasteiger partial charge on any atom is 0.310 e. The summed E-state index contributed by atoms with van der Waals surface area (Å²) in [6.07, 6.45) is 1.46. The number of ether oxygens (including phenoxy) is 1. The molecule has 2 heterocycles. The molecular weight excluding hydrogens is 430 g/mol. The highest BCUT2D eigenvalue weighted by Gasteiger charge is 2.30. The standard InChI is InChI=1S/C23H29N3O5S/c1-4-30-23(29)17-8-7-11-26(13-17)21(27)14-25(3)22(28)19-9-5-6-10-20(19)32-15-18-12-16(2)24-31-18/h5-6,9-10,12,17H,4,7-8,11,13-15H2,1-3H3. The van der Waals surface area contributed by atoms with Gasteiger partial charge in [-0.2, -0.15) is 0 Å². The summed E-state index contributed by atoms with van der Waals surface area (Å²) >= 11 is 1.49. The zero-order valence-corrected chi connectivity index (χ0v) is 19.5. The van der Waals surface area contributed by atoms with Crippen LogP contribution in [-0.2, 0) is 20.1 Å². The van der Waals surface area contributed by atoms with Gasteiger partial charge in [-0.05, 0) is 38.8 Å². The monoisotopic (exact) mass is 459 g/mol. The van der Waals surface area contributed by atoms with Crippen LogP contribution < -0.4 is 0 Å². The topological polar surface area (TPSA) is 93.0 Å². The molecule has 1 unspecified atom stereocenters. The molecule has 1 atom stereocenters. The third-order valence-electron chi connectivity index (χ3n) is 5.28. The Morgan fingerprint density at radius 1 is 1.31 bits per heavy atom. The number of amides is 2. The smallest absolute Gasteiger partial charge is 0.310 e. The minimum Gasteiger partial charge on any atom is -0.466 e. The minimum absolute atomic E-state index is 0.0469. The van der Waals surface area contributed by atoms with E-state index in [9.17, 15) is 14.4 Å². The van der Waals surface area contributed by atoms with Crippen molar-refractivity contribution in [2.45, 2.75) is 37.3 Å². The maximum atomic E-state index is 13.1. The normalized spacial score (nSPS) is 16.0. The van der Waals surface area contributed by atoms with Crippen molar-refractivity contribution in [1.29, 1.82) is 0 Å². The van der Waals surface area contributed by atoms with Crippen molar-refractivity contribution in [1.82, 2.24) is 15.0 Å². The van der Waals surface area contributed by atoms with Crippen molar-refractivity contribution in [2.24, 2.45) is 5.92 Å². The van der Waals surface area contributed by atoms with E-state index < -0.39 is 0 Å². The number of aromatic nitrogens is 1. The Morgan fingerprint density at radius 2 is 2.09 bits per heavy atom. The Bertz CT molecular complexity index is 961. The average molecular weight is 460 g/mol. The summed E-state index contributed by atoms with van der Waals surface area (Å²) in [6.45, 7) is 4.83. The predicted molar refractivity (Wildman–Crippen MR) is 120 cm³/mol. The Hall–Kier alpha value is -2.81. The molecule has 1 aliphatic rings. The van der Waals surface area contributed by atoms with Crippen molar-refractivity contribution in [3.8, 4) is 0 Å². The second-order valence-electron chi connectivity index (χ2n) is 7.81. The number of piperidine rings is 1. The highest BCUT2D eigenvalue weighted by atomic mass is 32.2. The van der Waals surface area contributed by atoms with Crippen molar-refractivity contribution in [2.75, 3.05) is 33.3 Å². The molecule has 1 aliphatic heterocycles. The molecule has 0 bridgehead atoms. The van der Waals surface area contributed by atoms with E-state index in [4.69, 9.17) is 9.26 Å². The molecule has 172 valence electrons. The van der Waals surface area contributed by atoms with Crippen LogP contribution in [0, 0.1) is 12.8 Å². The summed E-state index contributed by atoms with van der Waals surface area (Å²) in [7, 11) is 1.62. The number of nitrogens with zero attached hydrogens (tertiary/aromatic N) is 3. The van der Waals surface area contributed by atoms with E-state index in [-0.39, 0.29) is 30.2 Å². The van der Waals surface area contributed by atoms with Gasteiger partial charge >= 0.3 is 5.97 Å². The van der Waals surface area contributed by atoms with Crippen LogP contribution in [0.3, 0.4) is 0 Å². The second kappa shape index (κ2) is 11.2. The lowest BCUT2D eigenvalue weighted by atomic mass is 9.98. The lowest BCUT2D eigenvalue weighted by Crippen LogP contribution is -2.47. The molecule has 3 rings (SSSR count). The number of likely N-dealkylation sites (tertiary alicyclic amines) is 1. The van der Waals surface area contributed by atoms with E-state index in [1.54, 1.807) is 31.0 Å². The molecule has 1 aromatic carbocycles. The first kappa shape index (κ1) is 23.8. The lowest BCUT2D eigenvalue weighted by molar-refractivity contribution is -0.151. The molecule has 0 radical (unpaired) electrons. The molecule has 0 spiro atoms. The number of aryl methyl sites for hydroxylation is 1. The van der Waals surface area contributed by atoms with Gasteiger partial charge in [-0.3, -0.25) is 14.4 Å². The summed E-state index contributed by atoms with van der Waals surface area (Å²) in [4.78, 5) is 41.9. The molecule has 0 N–H and O–H groups in total. The number of hydrogen-bond donors (Lipinski definition) is 0. The van der Waals surface area contributed by atoms with Gasteiger partial charge in [-0.25, -0.2) is 0 Å². The van der Waals surface area contributed by atoms with Crippen LogP contribution in [0.15, 0.2) is 39.8 Å². The maximum absolute atomic E-state index is 13.1. The zero-order valence-electron chi connectivity index (χ0n) is 18.7. The fourth-order valence-corrected chi connectivity index (χ4v) is 4.56. The Labute approximate surface area is 192 Å². The van der Waals surface area contributed by atoms with Crippen molar-refractivity contribution < 1.29 is 23.6 Å². The molecule has 32 heavy (non-hydrogen) atoms. The van der Waals surface area contributed by atoms with Gasteiger partial charge < -0.3 is 19.1 Å². The van der Waals surface area contributed by atoms with Crippen LogP contribution in [0.1, 0.15) is 41.6 Å². The quantitative estimate of drug-likeness (QED) is 0.442. The molecule has 1 aromatic heterocycles. The fourth-order valence-electron chi connectivity index (χ4n) is 3.64. The van der Waals surface area contributed by atoms with Crippen LogP contribution >= 0.6 is 11.8 Å². The second-order valence-corrected chi connectivity index (χ2v) is 8.83. The van der Waals surface area contributed by atoms with Crippen LogP contribution in [0.2, 0.25) is 0 Å². The molecule has 9 heteroatoms. The third kappa shape index (κ3) is 6.12. The Kier molecular flexibility index (Phi) is 8.33. The van der Waals surface area contributed by atoms with E-state index in [1.165, 1.54) is 16.7 Å². The Balaban J connectivity index is 1.60. The van der Waals surface area contributed by atoms with E-state index in [1.807, 2.05) is 25.1 Å². The van der Waals surface area contributed by atoms with Crippen molar-refractivity contribution in [3.05, 3.63) is 47.3 Å². The van der Waals surface area contributed by atoms with Gasteiger partial charge in [0.1, 0.15) is 5.76 Å². The molecule has 2 aromatic rings. The van der Waals surface area contributed by atoms with Gasteiger partial charge in [0.2, 0.25) is 5.91 Å². The number of likely N-dealkylation sites (N-methyl/N-ethyl adjacent to an activating group) is 1. The van der Waals surface area contributed by atoms with Gasteiger partial charge in [0.15, 0.2) is 0 Å². The van der Waals surface area contributed by atoms with Crippen LogP contribution in [0.5, 0.6) is 0 Å². The van der Waals surface area contributed by atoms with Gasteiger partial charge in [0.05, 0.1) is 36.1 Å². The number of rotatable bonds is 8. The van der Waals surface area contributed by atoms with E-state index in [0.29, 0.717) is 37.4 Å². The Morgan fingerprint density at radius 3 is 2.81 bits per heavy atom. The molecule has 1 fully saturated rings. The van der Waals surface area contributed by atoms with Crippen LogP contribution in [0.4, 0.5) is 0 Å². The highest BCUT2D eigenvalue weighted by molar-refractivity contribution is 7.98. The molecule has 0 aliphatic carbocycles. The fraction of sp³-hybridized carbons (Fsp3) is 0.478. The molecule has 8 nitrogen and oxygen atoms in total. The number of hydrogen-bond acceptors (Lipinski definition) is 7. The summed E-state index contributed by atoms with van der Waals surface area (Å²) in [5.74, 6) is 0.329. The molecule has 2 amide bonds. The van der Waals surface area contributed by atoms with Gasteiger partial charge in [-0.15, -0.1) is 11.8 Å². The first-order valence-corrected chi connectivity index (χ1v) is 11.7. The summed E-state index contributed by atoms with van der Waals surface area (Å²) in [5.41, 5.74) is 1.35. The summed E-state index contributed by atoms with van der Waals surface area (Å²) in [6, 6.07) is 9.18. The van der Waals surface area contributed by atoms with Gasteiger partial charge in [0, 0.05) is 31.1 Å². The number of benzene rings is 1. The molecule has 1 saturated heterocycles. The van der Waals surface area contributed by atoms with Crippen molar-refractivity contribution in [3.63, 3.8) is 0 Å². The van der Waals surface area contributed by atoms with Gasteiger partial charge in [0.25, 0.3) is 5.91 Å². The van der Waals surface area contributed by atoms with E-state index in [2.05, 4.69) is 5.16 Å². The number of carbonyl (C=O) groups is 3. The number of esters is 1. The SMILES string of the molecule is CCOC(=O)C1CCCN(C(=O)CN(C)C(=O)c2ccccc2SCc2cc(C)no2)C1. The van der Waals surface area contributed by atoms with Crippen LogP contribution in [-0.4, -0.2) is 66.0 Å². The average Bonchev–Trinajstić information content (AvgIpc) is 3.22. The largest absolute Gasteiger partial charge is 0.466 e. The predicted octanol–water partition coefficient (Wildman–Crippen LogP) is 3.15. The first-order valence-electron chi connectivity index (χ1n) is 10.7. The van der Waals surface area contributed by atoms with Crippen LogP contribution in [0.25, 0.3) is 0 Å². The summed E-state index contributed by atoms with van der Waals surface area (Å²) < 4.78 is 10.3. The van der Waals surface area contributed by atoms with Crippen molar-refractivity contribution >= 4 is 29.5 Å². The summed E-state index contributed by atoms with van der Waals surface area (Å²) in [5, 5.41) is 3.88. The van der Waals surface area contributed by atoms with E-state index in [0.717, 1.165) is 22.8 Å². The third-order valence-corrected chi connectivity index (χ3v) is 6.37. The minimum atomic E-state index is -0.300. The molecule has 0 saturated carbocycles. The lowest BCUT2D eigenvalue weighted by Gasteiger charge is -2.32. The number of thioether (sulfide) groups is 1. The number of carbonyl (C=O) groups excluding carboxylic acids is 3. The first-order chi connectivity index (χ1) is 15.4. The highest BCUT2D eigenvalue weighted by Crippen LogP contribution is 2.27.